The first-order valence-corrected chi connectivity index (χ1v) is 7.94. The molecule has 0 fully saturated rings. The van der Waals surface area contributed by atoms with E-state index in [9.17, 15) is 14.7 Å². The standard InChI is InChI=1S/C15H24N2O3S/c1-5-11(2)15(3,20)10-16-13(18)9-17(4)14(19)12-7-6-8-21-12/h6-8,11,20H,5,9-10H2,1-4H3,(H,16,18). The Morgan fingerprint density at radius 1 is 1.52 bits per heavy atom. The third-order valence-electron chi connectivity index (χ3n) is 3.78. The van der Waals surface area contributed by atoms with Gasteiger partial charge in [-0.1, -0.05) is 26.3 Å². The summed E-state index contributed by atoms with van der Waals surface area (Å²) in [6, 6.07) is 3.53. The molecule has 0 radical (unpaired) electrons. The molecule has 2 unspecified atom stereocenters. The zero-order valence-electron chi connectivity index (χ0n) is 13.0. The second-order valence-corrected chi connectivity index (χ2v) is 6.53. The van der Waals surface area contributed by atoms with Crippen LogP contribution in [0.15, 0.2) is 17.5 Å². The molecule has 0 aromatic carbocycles. The average Bonchev–Trinajstić information content (AvgIpc) is 2.97. The second kappa shape index (κ2) is 7.56. The van der Waals surface area contributed by atoms with E-state index in [0.717, 1.165) is 6.42 Å². The highest BCUT2D eigenvalue weighted by atomic mass is 32.1. The highest BCUT2D eigenvalue weighted by Crippen LogP contribution is 2.18. The summed E-state index contributed by atoms with van der Waals surface area (Å²) in [5.74, 6) is -0.358. The maximum Gasteiger partial charge on any atom is 0.264 e. The Labute approximate surface area is 130 Å². The van der Waals surface area contributed by atoms with Gasteiger partial charge in [-0.15, -0.1) is 11.3 Å². The smallest absolute Gasteiger partial charge is 0.264 e. The summed E-state index contributed by atoms with van der Waals surface area (Å²) in [6.45, 7) is 5.81. The third kappa shape index (κ3) is 5.13. The van der Waals surface area contributed by atoms with Crippen molar-refractivity contribution in [2.24, 2.45) is 5.92 Å². The molecule has 1 rings (SSSR count). The minimum absolute atomic E-state index is 0.0205. The molecule has 0 saturated carbocycles. The number of rotatable bonds is 7. The molecule has 0 bridgehead atoms. The zero-order valence-corrected chi connectivity index (χ0v) is 13.9. The van der Waals surface area contributed by atoms with Gasteiger partial charge in [0.1, 0.15) is 0 Å². The number of nitrogens with zero attached hydrogens (tertiary/aromatic N) is 1. The lowest BCUT2D eigenvalue weighted by Gasteiger charge is -2.30. The fourth-order valence-electron chi connectivity index (χ4n) is 1.82. The van der Waals surface area contributed by atoms with Crippen molar-refractivity contribution in [1.29, 1.82) is 0 Å². The van der Waals surface area contributed by atoms with E-state index in [1.54, 1.807) is 26.1 Å². The van der Waals surface area contributed by atoms with Gasteiger partial charge in [-0.2, -0.15) is 0 Å². The Bertz CT molecular complexity index is 471. The van der Waals surface area contributed by atoms with E-state index >= 15 is 0 Å². The van der Waals surface area contributed by atoms with Gasteiger partial charge in [-0.05, 0) is 24.3 Å². The molecule has 6 heteroatoms. The van der Waals surface area contributed by atoms with Crippen LogP contribution in [0.3, 0.4) is 0 Å². The van der Waals surface area contributed by atoms with Gasteiger partial charge in [0.25, 0.3) is 5.91 Å². The molecule has 5 nitrogen and oxygen atoms in total. The predicted molar refractivity (Wildman–Crippen MR) is 84.4 cm³/mol. The molecule has 2 atom stereocenters. The van der Waals surface area contributed by atoms with E-state index in [-0.39, 0.29) is 30.8 Å². The van der Waals surface area contributed by atoms with Crippen LogP contribution in [0.4, 0.5) is 0 Å². The fourth-order valence-corrected chi connectivity index (χ4v) is 2.54. The summed E-state index contributed by atoms with van der Waals surface area (Å²) >= 11 is 1.35. The molecule has 118 valence electrons. The van der Waals surface area contributed by atoms with Crippen LogP contribution in [0.25, 0.3) is 0 Å². The lowest BCUT2D eigenvalue weighted by Crippen LogP contribution is -2.47. The molecule has 2 amide bonds. The quantitative estimate of drug-likeness (QED) is 0.805. The lowest BCUT2D eigenvalue weighted by molar-refractivity contribution is -0.123. The van der Waals surface area contributed by atoms with Gasteiger partial charge in [0, 0.05) is 13.6 Å². The Balaban J connectivity index is 2.45. The molecule has 1 aromatic rings. The summed E-state index contributed by atoms with van der Waals surface area (Å²) in [4.78, 5) is 25.9. The van der Waals surface area contributed by atoms with E-state index in [0.29, 0.717) is 4.88 Å². The van der Waals surface area contributed by atoms with E-state index in [4.69, 9.17) is 0 Å². The van der Waals surface area contributed by atoms with Crippen molar-refractivity contribution in [1.82, 2.24) is 10.2 Å². The van der Waals surface area contributed by atoms with Crippen molar-refractivity contribution >= 4 is 23.2 Å². The summed E-state index contributed by atoms with van der Waals surface area (Å²) < 4.78 is 0. The topological polar surface area (TPSA) is 69.6 Å². The van der Waals surface area contributed by atoms with Crippen molar-refractivity contribution in [3.8, 4) is 0 Å². The van der Waals surface area contributed by atoms with E-state index in [2.05, 4.69) is 5.32 Å². The first-order valence-electron chi connectivity index (χ1n) is 7.06. The Morgan fingerprint density at radius 2 is 2.19 bits per heavy atom. The van der Waals surface area contributed by atoms with Gasteiger partial charge in [0.2, 0.25) is 5.91 Å². The van der Waals surface area contributed by atoms with E-state index in [1.807, 2.05) is 19.2 Å². The minimum atomic E-state index is -0.944. The molecule has 2 N–H and O–H groups in total. The van der Waals surface area contributed by atoms with Crippen molar-refractivity contribution < 1.29 is 14.7 Å². The van der Waals surface area contributed by atoms with Crippen molar-refractivity contribution in [3.63, 3.8) is 0 Å². The van der Waals surface area contributed by atoms with Gasteiger partial charge in [-0.3, -0.25) is 9.59 Å². The predicted octanol–water partition coefficient (Wildman–Crippen LogP) is 1.73. The van der Waals surface area contributed by atoms with Gasteiger partial charge in [0.05, 0.1) is 17.0 Å². The first kappa shape index (κ1) is 17.7. The number of nitrogens with one attached hydrogen (secondary N) is 1. The van der Waals surface area contributed by atoms with Crippen LogP contribution in [-0.2, 0) is 4.79 Å². The first-order chi connectivity index (χ1) is 9.77. The number of thiophene rings is 1. The number of amides is 2. The molecule has 0 aliphatic carbocycles. The number of aliphatic hydroxyl groups is 1. The maximum atomic E-state index is 12.0. The van der Waals surface area contributed by atoms with Crippen molar-refractivity contribution in [2.75, 3.05) is 20.1 Å². The van der Waals surface area contributed by atoms with Crippen LogP contribution in [0.5, 0.6) is 0 Å². The average molecular weight is 312 g/mol. The van der Waals surface area contributed by atoms with E-state index < -0.39 is 5.60 Å². The van der Waals surface area contributed by atoms with Gasteiger partial charge in [0.15, 0.2) is 0 Å². The number of hydrogen-bond donors (Lipinski definition) is 2. The van der Waals surface area contributed by atoms with E-state index in [1.165, 1.54) is 16.2 Å². The molecular formula is C15H24N2O3S. The van der Waals surface area contributed by atoms with Crippen molar-refractivity contribution in [3.05, 3.63) is 22.4 Å². The lowest BCUT2D eigenvalue weighted by atomic mass is 9.89. The van der Waals surface area contributed by atoms with Crippen LogP contribution in [0.2, 0.25) is 0 Å². The normalized spacial score (nSPS) is 15.1. The number of carbonyl (C=O) groups excluding carboxylic acids is 2. The van der Waals surface area contributed by atoms with Crippen molar-refractivity contribution in [2.45, 2.75) is 32.8 Å². The molecule has 0 aliphatic rings. The summed E-state index contributed by atoms with van der Waals surface area (Å²) in [7, 11) is 1.59. The van der Waals surface area contributed by atoms with Gasteiger partial charge >= 0.3 is 0 Å². The van der Waals surface area contributed by atoms with Crippen LogP contribution < -0.4 is 5.32 Å². The summed E-state index contributed by atoms with van der Waals surface area (Å²) in [5.41, 5.74) is -0.944. The Morgan fingerprint density at radius 3 is 2.71 bits per heavy atom. The van der Waals surface area contributed by atoms with Crippen LogP contribution in [-0.4, -0.2) is 47.6 Å². The van der Waals surface area contributed by atoms with Crippen LogP contribution in [0, 0.1) is 5.92 Å². The molecule has 1 heterocycles. The largest absolute Gasteiger partial charge is 0.388 e. The SMILES string of the molecule is CCC(C)C(C)(O)CNC(=O)CN(C)C(=O)c1cccs1. The molecular weight excluding hydrogens is 288 g/mol. The van der Waals surface area contributed by atoms with Gasteiger partial charge < -0.3 is 15.3 Å². The number of hydrogen-bond acceptors (Lipinski definition) is 4. The highest BCUT2D eigenvalue weighted by molar-refractivity contribution is 7.12. The third-order valence-corrected chi connectivity index (χ3v) is 4.63. The molecule has 1 aromatic heterocycles. The number of likely N-dealkylation sites (N-methyl/N-ethyl adjacent to an activating group) is 1. The Kier molecular flexibility index (Phi) is 6.36. The zero-order chi connectivity index (χ0) is 16.0. The molecule has 21 heavy (non-hydrogen) atoms. The minimum Gasteiger partial charge on any atom is -0.388 e. The monoisotopic (exact) mass is 312 g/mol. The second-order valence-electron chi connectivity index (χ2n) is 5.58. The van der Waals surface area contributed by atoms with Crippen LogP contribution in [0.1, 0.15) is 36.9 Å². The molecule has 0 spiro atoms. The molecule has 0 aliphatic heterocycles. The summed E-state index contributed by atoms with van der Waals surface area (Å²) in [6.07, 6.45) is 0.833. The molecule has 0 saturated heterocycles. The fraction of sp³-hybridized carbons (Fsp3) is 0.600. The highest BCUT2D eigenvalue weighted by Gasteiger charge is 2.27. The maximum absolute atomic E-state index is 12.0. The number of carbonyl (C=O) groups is 2. The Hall–Kier alpha value is -1.40. The van der Waals surface area contributed by atoms with Crippen LogP contribution >= 0.6 is 11.3 Å². The summed E-state index contributed by atoms with van der Waals surface area (Å²) in [5, 5.41) is 14.7. The van der Waals surface area contributed by atoms with Gasteiger partial charge in [-0.25, -0.2) is 0 Å².